The number of hydrogen-bond donors (Lipinski definition) is 8. The number of carboxylic acid groups (broad SMARTS) is 1. The summed E-state index contributed by atoms with van der Waals surface area (Å²) < 4.78 is 0. The molecule has 1 aromatic heterocycles. The van der Waals surface area contributed by atoms with Crippen molar-refractivity contribution in [3.05, 3.63) is 48.0 Å². The molecule has 3 amide bonds. The standard InChI is InChI=1S/C24H34N6O7/c1-3-13(2)20(24(36)37)30-22(34)18(9-15-10-26-12-27-15)28-23(35)19(11-31)29-21(33)17(25)8-14-4-6-16(32)7-5-14/h4-7,10,12-13,17-20,31-32H,3,8-9,11,25H2,1-2H3,(H,26,27)(H,28,35)(H,29,33)(H,30,34)(H,36,37). The Hall–Kier alpha value is -3.97. The predicted octanol–water partition coefficient (Wildman–Crippen LogP) is -1.19. The van der Waals surface area contributed by atoms with Gasteiger partial charge >= 0.3 is 5.97 Å². The van der Waals surface area contributed by atoms with Crippen molar-refractivity contribution in [3.8, 4) is 5.75 Å². The molecule has 37 heavy (non-hydrogen) atoms. The van der Waals surface area contributed by atoms with Crippen LogP contribution in [0.15, 0.2) is 36.8 Å². The number of aliphatic carboxylic acids is 1. The monoisotopic (exact) mass is 518 g/mol. The van der Waals surface area contributed by atoms with Crippen molar-refractivity contribution in [1.29, 1.82) is 0 Å². The van der Waals surface area contributed by atoms with Crippen LogP contribution in [0.25, 0.3) is 0 Å². The number of carbonyl (C=O) groups excluding carboxylic acids is 3. The molecule has 0 aliphatic carbocycles. The van der Waals surface area contributed by atoms with Gasteiger partial charge in [-0.2, -0.15) is 0 Å². The van der Waals surface area contributed by atoms with Crippen molar-refractivity contribution in [2.75, 3.05) is 6.61 Å². The van der Waals surface area contributed by atoms with Crippen molar-refractivity contribution >= 4 is 23.7 Å². The van der Waals surface area contributed by atoms with Gasteiger partial charge in [-0.05, 0) is 30.0 Å². The Balaban J connectivity index is 2.09. The molecule has 13 nitrogen and oxygen atoms in total. The smallest absolute Gasteiger partial charge is 0.326 e. The summed E-state index contributed by atoms with van der Waals surface area (Å²) in [6.45, 7) is 2.70. The summed E-state index contributed by atoms with van der Waals surface area (Å²) in [5, 5.41) is 35.9. The van der Waals surface area contributed by atoms with Crippen LogP contribution in [0.2, 0.25) is 0 Å². The molecule has 9 N–H and O–H groups in total. The third-order valence-corrected chi connectivity index (χ3v) is 5.93. The lowest BCUT2D eigenvalue weighted by Crippen LogP contribution is -2.59. The van der Waals surface area contributed by atoms with E-state index in [1.165, 1.54) is 24.7 Å². The maximum absolute atomic E-state index is 13.0. The number of aromatic nitrogens is 2. The molecule has 5 atom stereocenters. The number of rotatable bonds is 14. The molecule has 1 aromatic carbocycles. The first-order valence-corrected chi connectivity index (χ1v) is 11.8. The second-order valence-electron chi connectivity index (χ2n) is 8.77. The lowest BCUT2D eigenvalue weighted by Gasteiger charge is -2.26. The Morgan fingerprint density at radius 3 is 2.16 bits per heavy atom. The van der Waals surface area contributed by atoms with E-state index < -0.39 is 54.5 Å². The third kappa shape index (κ3) is 8.88. The minimum atomic E-state index is -1.42. The van der Waals surface area contributed by atoms with Gasteiger partial charge in [0.05, 0.1) is 19.0 Å². The average molecular weight is 519 g/mol. The van der Waals surface area contributed by atoms with Crippen LogP contribution in [0.4, 0.5) is 0 Å². The fourth-order valence-corrected chi connectivity index (χ4v) is 3.49. The van der Waals surface area contributed by atoms with Gasteiger partial charge in [-0.3, -0.25) is 14.4 Å². The topological polar surface area (TPSA) is 220 Å². The fourth-order valence-electron chi connectivity index (χ4n) is 3.49. The molecular weight excluding hydrogens is 484 g/mol. The second-order valence-corrected chi connectivity index (χ2v) is 8.77. The Kier molecular flexibility index (Phi) is 11.0. The Morgan fingerprint density at radius 2 is 1.62 bits per heavy atom. The number of imidazole rings is 1. The van der Waals surface area contributed by atoms with Gasteiger partial charge < -0.3 is 42.0 Å². The fraction of sp³-hybridized carbons (Fsp3) is 0.458. The van der Waals surface area contributed by atoms with Crippen molar-refractivity contribution in [2.24, 2.45) is 11.7 Å². The van der Waals surface area contributed by atoms with Crippen LogP contribution in [0.1, 0.15) is 31.5 Å². The summed E-state index contributed by atoms with van der Waals surface area (Å²) in [4.78, 5) is 56.8. The van der Waals surface area contributed by atoms with Crippen LogP contribution in [0.5, 0.6) is 5.75 Å². The molecule has 2 aromatic rings. The summed E-state index contributed by atoms with van der Waals surface area (Å²) >= 11 is 0. The van der Waals surface area contributed by atoms with Crippen LogP contribution in [-0.4, -0.2) is 79.8 Å². The van der Waals surface area contributed by atoms with Crippen LogP contribution in [0.3, 0.4) is 0 Å². The molecule has 13 heteroatoms. The summed E-state index contributed by atoms with van der Waals surface area (Å²) in [5.74, 6) is -3.83. The summed E-state index contributed by atoms with van der Waals surface area (Å²) in [6.07, 6.45) is 3.40. The van der Waals surface area contributed by atoms with Gasteiger partial charge in [0, 0.05) is 18.3 Å². The number of carboxylic acids is 1. The number of amides is 3. The van der Waals surface area contributed by atoms with E-state index in [9.17, 15) is 34.5 Å². The van der Waals surface area contributed by atoms with E-state index in [2.05, 4.69) is 25.9 Å². The summed E-state index contributed by atoms with van der Waals surface area (Å²) in [7, 11) is 0. The first kappa shape index (κ1) is 29.3. The quantitative estimate of drug-likeness (QED) is 0.150. The molecule has 0 radical (unpaired) electrons. The largest absolute Gasteiger partial charge is 0.508 e. The number of nitrogens with one attached hydrogen (secondary N) is 4. The van der Waals surface area contributed by atoms with Gasteiger partial charge in [-0.1, -0.05) is 32.4 Å². The van der Waals surface area contributed by atoms with Gasteiger partial charge in [-0.25, -0.2) is 9.78 Å². The molecule has 0 aliphatic rings. The minimum Gasteiger partial charge on any atom is -0.508 e. The molecule has 5 unspecified atom stereocenters. The number of aliphatic hydroxyl groups excluding tert-OH is 1. The highest BCUT2D eigenvalue weighted by Gasteiger charge is 2.32. The van der Waals surface area contributed by atoms with E-state index in [4.69, 9.17) is 5.73 Å². The van der Waals surface area contributed by atoms with Crippen LogP contribution in [-0.2, 0) is 32.0 Å². The summed E-state index contributed by atoms with van der Waals surface area (Å²) in [5.41, 5.74) is 7.11. The number of aliphatic hydroxyl groups is 1. The molecule has 0 spiro atoms. The number of nitrogens with two attached hydrogens (primary N) is 1. The number of phenols is 1. The van der Waals surface area contributed by atoms with E-state index in [1.54, 1.807) is 26.0 Å². The maximum Gasteiger partial charge on any atom is 0.326 e. The highest BCUT2D eigenvalue weighted by atomic mass is 16.4. The van der Waals surface area contributed by atoms with Crippen molar-refractivity contribution in [3.63, 3.8) is 0 Å². The minimum absolute atomic E-state index is 0.0448. The molecule has 2 rings (SSSR count). The maximum atomic E-state index is 13.0. The number of benzene rings is 1. The Bertz CT molecular complexity index is 1040. The van der Waals surface area contributed by atoms with E-state index in [0.717, 1.165) is 0 Å². The van der Waals surface area contributed by atoms with Gasteiger partial charge in [0.2, 0.25) is 17.7 Å². The normalized spacial score (nSPS) is 15.0. The Labute approximate surface area is 213 Å². The number of hydrogen-bond acceptors (Lipinski definition) is 8. The van der Waals surface area contributed by atoms with Gasteiger partial charge in [0.25, 0.3) is 0 Å². The number of phenolic OH excluding ortho intramolecular Hbond substituents is 1. The van der Waals surface area contributed by atoms with E-state index in [0.29, 0.717) is 17.7 Å². The lowest BCUT2D eigenvalue weighted by molar-refractivity contribution is -0.143. The zero-order chi connectivity index (χ0) is 27.5. The summed E-state index contributed by atoms with van der Waals surface area (Å²) in [6, 6.07) is 1.22. The highest BCUT2D eigenvalue weighted by molar-refractivity contribution is 5.94. The molecule has 0 bridgehead atoms. The highest BCUT2D eigenvalue weighted by Crippen LogP contribution is 2.11. The molecule has 0 aliphatic heterocycles. The van der Waals surface area contributed by atoms with Crippen molar-refractivity contribution in [1.82, 2.24) is 25.9 Å². The van der Waals surface area contributed by atoms with Crippen LogP contribution in [0, 0.1) is 5.92 Å². The Morgan fingerprint density at radius 1 is 1.00 bits per heavy atom. The number of aromatic amines is 1. The van der Waals surface area contributed by atoms with E-state index in [-0.39, 0.29) is 24.5 Å². The molecule has 202 valence electrons. The van der Waals surface area contributed by atoms with E-state index >= 15 is 0 Å². The van der Waals surface area contributed by atoms with Gasteiger partial charge in [0.1, 0.15) is 23.9 Å². The number of carbonyl (C=O) groups is 4. The first-order chi connectivity index (χ1) is 17.5. The van der Waals surface area contributed by atoms with Gasteiger partial charge in [-0.15, -0.1) is 0 Å². The van der Waals surface area contributed by atoms with Crippen molar-refractivity contribution < 1.29 is 34.5 Å². The first-order valence-electron chi connectivity index (χ1n) is 11.8. The number of nitrogens with zero attached hydrogens (tertiary/aromatic N) is 1. The number of H-pyrrole nitrogens is 1. The number of aromatic hydroxyl groups is 1. The van der Waals surface area contributed by atoms with Crippen LogP contribution >= 0.6 is 0 Å². The molecule has 0 saturated heterocycles. The zero-order valence-corrected chi connectivity index (χ0v) is 20.7. The molecular formula is C24H34N6O7. The third-order valence-electron chi connectivity index (χ3n) is 5.93. The SMILES string of the molecule is CCC(C)C(NC(=O)C(Cc1cnc[nH]1)NC(=O)C(CO)NC(=O)C(N)Cc1ccc(O)cc1)C(=O)O. The van der Waals surface area contributed by atoms with E-state index in [1.807, 2.05) is 0 Å². The molecule has 1 heterocycles. The predicted molar refractivity (Wildman–Crippen MR) is 132 cm³/mol. The molecule has 0 saturated carbocycles. The molecule has 0 fully saturated rings. The van der Waals surface area contributed by atoms with Crippen molar-refractivity contribution in [2.45, 2.75) is 57.3 Å². The average Bonchev–Trinajstić information content (AvgIpc) is 3.38. The zero-order valence-electron chi connectivity index (χ0n) is 20.7. The van der Waals surface area contributed by atoms with Gasteiger partial charge in [0.15, 0.2) is 0 Å². The lowest BCUT2D eigenvalue weighted by atomic mass is 9.98. The van der Waals surface area contributed by atoms with Crippen LogP contribution < -0.4 is 21.7 Å². The second kappa shape index (κ2) is 13.9.